The van der Waals surface area contributed by atoms with Crippen molar-refractivity contribution in [3.8, 4) is 0 Å². The average molecular weight is 471 g/mol. The summed E-state index contributed by atoms with van der Waals surface area (Å²) in [5.74, 6) is 0.487. The zero-order chi connectivity index (χ0) is 23.3. The summed E-state index contributed by atoms with van der Waals surface area (Å²) >= 11 is 1.49. The first kappa shape index (κ1) is 22.1. The molecule has 2 N–H and O–H groups in total. The van der Waals surface area contributed by atoms with Crippen LogP contribution in [0, 0.1) is 0 Å². The van der Waals surface area contributed by atoms with Crippen LogP contribution in [0.15, 0.2) is 77.4 Å². The van der Waals surface area contributed by atoms with Crippen LogP contribution in [0.25, 0.3) is 10.2 Å². The van der Waals surface area contributed by atoms with Crippen LogP contribution in [0.2, 0.25) is 0 Å². The molecule has 1 amide bonds. The van der Waals surface area contributed by atoms with E-state index < -0.39 is 0 Å². The first-order valence-electron chi connectivity index (χ1n) is 11.4. The lowest BCUT2D eigenvalue weighted by atomic mass is 9.89. The molecule has 0 saturated carbocycles. The predicted molar refractivity (Wildman–Crippen MR) is 137 cm³/mol. The van der Waals surface area contributed by atoms with E-state index in [-0.39, 0.29) is 5.91 Å². The Labute approximate surface area is 202 Å². The number of amides is 1. The number of carbonyl (C=O) groups is 1. The maximum Gasteiger partial charge on any atom is 0.257 e. The quantitative estimate of drug-likeness (QED) is 0.214. The van der Waals surface area contributed by atoms with Crippen molar-refractivity contribution in [1.29, 1.82) is 0 Å². The molecule has 6 nitrogen and oxygen atoms in total. The molecule has 2 aromatic heterocycles. The third-order valence-corrected chi connectivity index (χ3v) is 7.41. The molecule has 4 aromatic rings. The van der Waals surface area contributed by atoms with Crippen LogP contribution in [0.1, 0.15) is 45.8 Å². The van der Waals surface area contributed by atoms with E-state index in [1.165, 1.54) is 23.1 Å². The highest BCUT2D eigenvalue weighted by Crippen LogP contribution is 2.35. The van der Waals surface area contributed by atoms with Gasteiger partial charge in [-0.05, 0) is 29.9 Å². The highest BCUT2D eigenvalue weighted by molar-refractivity contribution is 7.18. The number of piperidine rings is 1. The Morgan fingerprint density at radius 1 is 1.12 bits per heavy atom. The Bertz CT molecular complexity index is 1300. The van der Waals surface area contributed by atoms with Crippen LogP contribution in [0.4, 0.5) is 5.69 Å². The second kappa shape index (κ2) is 10.1. The monoisotopic (exact) mass is 470 g/mol. The molecule has 0 aliphatic carbocycles. The van der Waals surface area contributed by atoms with E-state index in [0.717, 1.165) is 53.0 Å². The maximum absolute atomic E-state index is 13.6. The minimum absolute atomic E-state index is 0.00208. The highest BCUT2D eigenvalue weighted by Gasteiger charge is 2.27. The second-order valence-electron chi connectivity index (χ2n) is 8.48. The molecule has 7 heteroatoms. The fourth-order valence-electron chi connectivity index (χ4n) is 4.58. The molecule has 1 saturated heterocycles. The predicted octanol–water partition coefficient (Wildman–Crippen LogP) is 5.74. The number of thiophene rings is 1. The molecule has 0 unspecified atom stereocenters. The van der Waals surface area contributed by atoms with Crippen LogP contribution in [-0.2, 0) is 6.54 Å². The molecule has 5 rings (SSSR count). The number of nitrogens with zero attached hydrogens (tertiary/aromatic N) is 3. The van der Waals surface area contributed by atoms with Crippen molar-refractivity contribution in [2.45, 2.75) is 25.3 Å². The maximum atomic E-state index is 13.6. The number of rotatable bonds is 6. The van der Waals surface area contributed by atoms with E-state index in [1.54, 1.807) is 6.20 Å². The standard InChI is InChI=1S/C27H26N4O2S/c32-27(31-13-11-21(12-14-31)20-9-5-2-6-10-20)23-17-29-24-22(16-30-33)18-34-26(24)25(23)28-15-19-7-3-1-4-8-19/h1-10,16-18,21,33H,11-15H2,(H,28,29). The lowest BCUT2D eigenvalue weighted by Crippen LogP contribution is -2.38. The summed E-state index contributed by atoms with van der Waals surface area (Å²) < 4.78 is 0.885. The number of nitrogens with one attached hydrogen (secondary N) is 1. The van der Waals surface area contributed by atoms with Crippen molar-refractivity contribution in [1.82, 2.24) is 9.88 Å². The lowest BCUT2D eigenvalue weighted by molar-refractivity contribution is 0.0713. The van der Waals surface area contributed by atoms with Gasteiger partial charge in [0.2, 0.25) is 0 Å². The Morgan fingerprint density at radius 3 is 2.53 bits per heavy atom. The lowest BCUT2D eigenvalue weighted by Gasteiger charge is -2.32. The van der Waals surface area contributed by atoms with Gasteiger partial charge in [0.05, 0.1) is 27.7 Å². The number of fused-ring (bicyclic) bond motifs is 1. The van der Waals surface area contributed by atoms with Gasteiger partial charge in [0.25, 0.3) is 5.91 Å². The van der Waals surface area contributed by atoms with Gasteiger partial charge < -0.3 is 15.4 Å². The van der Waals surface area contributed by atoms with Crippen LogP contribution in [-0.4, -0.2) is 40.3 Å². The van der Waals surface area contributed by atoms with Gasteiger partial charge in [0.15, 0.2) is 0 Å². The van der Waals surface area contributed by atoms with Crippen molar-refractivity contribution in [2.75, 3.05) is 18.4 Å². The molecule has 0 spiro atoms. The van der Waals surface area contributed by atoms with Crippen molar-refractivity contribution >= 4 is 39.4 Å². The zero-order valence-electron chi connectivity index (χ0n) is 18.7. The number of likely N-dealkylation sites (tertiary alicyclic amines) is 1. The van der Waals surface area contributed by atoms with Crippen molar-refractivity contribution in [2.24, 2.45) is 5.16 Å². The Kier molecular flexibility index (Phi) is 6.53. The van der Waals surface area contributed by atoms with Gasteiger partial charge >= 0.3 is 0 Å². The van der Waals surface area contributed by atoms with Crippen molar-refractivity contribution in [3.05, 3.63) is 94.5 Å². The minimum Gasteiger partial charge on any atom is -0.411 e. The molecule has 172 valence electrons. The third kappa shape index (κ3) is 4.52. The summed E-state index contributed by atoms with van der Waals surface area (Å²) in [5.41, 5.74) is 5.29. The molecule has 0 bridgehead atoms. The fraction of sp³-hybridized carbons (Fsp3) is 0.222. The van der Waals surface area contributed by atoms with Crippen molar-refractivity contribution in [3.63, 3.8) is 0 Å². The molecular formula is C27H26N4O2S. The minimum atomic E-state index is 0.00208. The van der Waals surface area contributed by atoms with Crippen LogP contribution in [0.5, 0.6) is 0 Å². The summed E-state index contributed by atoms with van der Waals surface area (Å²) in [7, 11) is 0. The first-order valence-corrected chi connectivity index (χ1v) is 12.3. The highest BCUT2D eigenvalue weighted by atomic mass is 32.1. The number of hydrogen-bond donors (Lipinski definition) is 2. The zero-order valence-corrected chi connectivity index (χ0v) is 19.5. The van der Waals surface area contributed by atoms with E-state index in [0.29, 0.717) is 18.0 Å². The van der Waals surface area contributed by atoms with Gasteiger partial charge in [-0.3, -0.25) is 9.78 Å². The van der Waals surface area contributed by atoms with Gasteiger partial charge in [-0.2, -0.15) is 0 Å². The van der Waals surface area contributed by atoms with Gasteiger partial charge in [-0.15, -0.1) is 11.3 Å². The van der Waals surface area contributed by atoms with Crippen LogP contribution < -0.4 is 5.32 Å². The Morgan fingerprint density at radius 2 is 1.82 bits per heavy atom. The molecule has 2 aromatic carbocycles. The number of pyridine rings is 1. The summed E-state index contributed by atoms with van der Waals surface area (Å²) in [6, 6.07) is 20.7. The topological polar surface area (TPSA) is 77.8 Å². The number of benzene rings is 2. The van der Waals surface area contributed by atoms with E-state index in [4.69, 9.17) is 5.21 Å². The van der Waals surface area contributed by atoms with E-state index >= 15 is 0 Å². The van der Waals surface area contributed by atoms with E-state index in [2.05, 4.69) is 51.9 Å². The van der Waals surface area contributed by atoms with Crippen molar-refractivity contribution < 1.29 is 10.0 Å². The molecule has 1 aliphatic rings. The summed E-state index contributed by atoms with van der Waals surface area (Å²) in [6.45, 7) is 2.04. The smallest absolute Gasteiger partial charge is 0.257 e. The number of aromatic nitrogens is 1. The number of oxime groups is 1. The SMILES string of the molecule is O=C(c1cnc2c(C=NO)csc2c1NCc1ccccc1)N1CCC(c2ccccc2)CC1. The van der Waals surface area contributed by atoms with Gasteiger partial charge in [0.1, 0.15) is 0 Å². The first-order chi connectivity index (χ1) is 16.7. The molecule has 0 atom stereocenters. The Balaban J connectivity index is 1.42. The Hall–Kier alpha value is -3.71. The molecule has 34 heavy (non-hydrogen) atoms. The molecule has 0 radical (unpaired) electrons. The number of hydrogen-bond acceptors (Lipinski definition) is 6. The van der Waals surface area contributed by atoms with Gasteiger partial charge in [-0.25, -0.2) is 0 Å². The van der Waals surface area contributed by atoms with Crippen LogP contribution in [0.3, 0.4) is 0 Å². The normalized spacial score (nSPS) is 14.6. The number of carbonyl (C=O) groups excluding carboxylic acids is 1. The van der Waals surface area contributed by atoms with Crippen LogP contribution >= 0.6 is 11.3 Å². The van der Waals surface area contributed by atoms with Gasteiger partial charge in [0, 0.05) is 36.8 Å². The largest absolute Gasteiger partial charge is 0.411 e. The second-order valence-corrected chi connectivity index (χ2v) is 9.36. The van der Waals surface area contributed by atoms with E-state index in [1.807, 2.05) is 34.5 Å². The average Bonchev–Trinajstić information content (AvgIpc) is 3.31. The molecule has 1 fully saturated rings. The molecule has 3 heterocycles. The molecular weight excluding hydrogens is 444 g/mol. The fourth-order valence-corrected chi connectivity index (χ4v) is 5.58. The van der Waals surface area contributed by atoms with Gasteiger partial charge in [-0.1, -0.05) is 65.8 Å². The number of anilines is 1. The third-order valence-electron chi connectivity index (χ3n) is 6.40. The van der Waals surface area contributed by atoms with E-state index in [9.17, 15) is 4.79 Å². The summed E-state index contributed by atoms with van der Waals surface area (Å²) in [5, 5.41) is 17.6. The summed E-state index contributed by atoms with van der Waals surface area (Å²) in [6.07, 6.45) is 4.94. The molecule has 1 aliphatic heterocycles. The summed E-state index contributed by atoms with van der Waals surface area (Å²) in [4.78, 5) is 20.2.